The van der Waals surface area contributed by atoms with Crippen LogP contribution >= 0.6 is 11.8 Å². The van der Waals surface area contributed by atoms with Gasteiger partial charge in [0.1, 0.15) is 5.50 Å². The van der Waals surface area contributed by atoms with Gasteiger partial charge < -0.3 is 10.6 Å². The molecule has 1 saturated heterocycles. The van der Waals surface area contributed by atoms with E-state index in [9.17, 15) is 9.59 Å². The fourth-order valence-electron chi connectivity index (χ4n) is 2.67. The van der Waals surface area contributed by atoms with Crippen molar-refractivity contribution in [3.8, 4) is 0 Å². The summed E-state index contributed by atoms with van der Waals surface area (Å²) in [4.78, 5) is 24.0. The number of rotatable bonds is 6. The number of amides is 2. The Morgan fingerprint density at radius 1 is 1.08 bits per heavy atom. The zero-order chi connectivity index (χ0) is 17.5. The van der Waals surface area contributed by atoms with Crippen LogP contribution < -0.4 is 16.0 Å². The summed E-state index contributed by atoms with van der Waals surface area (Å²) in [6.45, 7) is 0.511. The second kappa shape index (κ2) is 8.69. The molecule has 2 aromatic rings. The minimum absolute atomic E-state index is 0.00482. The lowest BCUT2D eigenvalue weighted by Crippen LogP contribution is -2.51. The second-order valence-electron chi connectivity index (χ2n) is 5.85. The lowest BCUT2D eigenvalue weighted by molar-refractivity contribution is -0.123. The second-order valence-corrected chi connectivity index (χ2v) is 6.95. The Balaban J connectivity index is 1.47. The molecule has 1 aliphatic rings. The Bertz CT molecular complexity index is 709. The molecule has 0 aromatic heterocycles. The molecule has 1 aliphatic heterocycles. The smallest absolute Gasteiger partial charge is 0.230 e. The van der Waals surface area contributed by atoms with Gasteiger partial charge in [-0.2, -0.15) is 0 Å². The third kappa shape index (κ3) is 5.34. The summed E-state index contributed by atoms with van der Waals surface area (Å²) in [5.41, 5.74) is 1.87. The predicted octanol–water partition coefficient (Wildman–Crippen LogP) is 2.17. The zero-order valence-corrected chi connectivity index (χ0v) is 14.6. The minimum Gasteiger partial charge on any atom is -0.351 e. The molecule has 25 heavy (non-hydrogen) atoms. The molecule has 2 amide bonds. The average molecular weight is 355 g/mol. The molecule has 0 bridgehead atoms. The van der Waals surface area contributed by atoms with Crippen molar-refractivity contribution in [3.05, 3.63) is 71.8 Å². The summed E-state index contributed by atoms with van der Waals surface area (Å²) in [6, 6.07) is 19.6. The van der Waals surface area contributed by atoms with Crippen LogP contribution in [0.15, 0.2) is 60.7 Å². The third-order valence-electron chi connectivity index (χ3n) is 3.95. The lowest BCUT2D eigenvalue weighted by Gasteiger charge is -2.31. The first-order valence-corrected chi connectivity index (χ1v) is 9.28. The summed E-state index contributed by atoms with van der Waals surface area (Å²) < 4.78 is 0. The molecule has 0 spiro atoms. The maximum atomic E-state index is 12.0. The molecule has 0 saturated carbocycles. The first-order valence-electron chi connectivity index (χ1n) is 8.23. The SMILES string of the molecule is O=C(CSC1NC(=O)CC(c2ccccc2)N1)NCc1ccccc1. The Labute approximate surface area is 151 Å². The molecule has 2 unspecified atom stereocenters. The number of hydrogen-bond donors (Lipinski definition) is 3. The van der Waals surface area contributed by atoms with Crippen molar-refractivity contribution in [2.75, 3.05) is 5.75 Å². The van der Waals surface area contributed by atoms with Gasteiger partial charge in [-0.3, -0.25) is 14.9 Å². The highest BCUT2D eigenvalue weighted by atomic mass is 32.2. The Hall–Kier alpha value is -2.31. The highest BCUT2D eigenvalue weighted by Gasteiger charge is 2.27. The number of thioether (sulfide) groups is 1. The van der Waals surface area contributed by atoms with Crippen LogP contribution in [-0.4, -0.2) is 23.1 Å². The van der Waals surface area contributed by atoms with Gasteiger partial charge in [-0.05, 0) is 11.1 Å². The molecule has 2 aromatic carbocycles. The fourth-order valence-corrected chi connectivity index (χ4v) is 3.56. The van der Waals surface area contributed by atoms with E-state index < -0.39 is 0 Å². The van der Waals surface area contributed by atoms with Crippen molar-refractivity contribution < 1.29 is 9.59 Å². The largest absolute Gasteiger partial charge is 0.351 e. The van der Waals surface area contributed by atoms with Gasteiger partial charge in [0.15, 0.2) is 0 Å². The molecule has 1 heterocycles. The van der Waals surface area contributed by atoms with Crippen LogP contribution in [-0.2, 0) is 16.1 Å². The van der Waals surface area contributed by atoms with Crippen LogP contribution in [0.2, 0.25) is 0 Å². The van der Waals surface area contributed by atoms with E-state index in [0.29, 0.717) is 13.0 Å². The first-order chi connectivity index (χ1) is 12.2. The van der Waals surface area contributed by atoms with E-state index >= 15 is 0 Å². The highest BCUT2D eigenvalue weighted by molar-refractivity contribution is 8.00. The van der Waals surface area contributed by atoms with E-state index in [2.05, 4.69) is 16.0 Å². The standard InChI is InChI=1S/C19H21N3O2S/c23-17-11-16(15-9-5-2-6-10-15)21-19(22-17)25-13-18(24)20-12-14-7-3-1-4-8-14/h1-10,16,19,21H,11-13H2,(H,20,24)(H,22,23). The van der Waals surface area contributed by atoms with Crippen LogP contribution in [0, 0.1) is 0 Å². The normalized spacial score (nSPS) is 19.9. The summed E-state index contributed by atoms with van der Waals surface area (Å²) in [7, 11) is 0. The number of carbonyl (C=O) groups excluding carboxylic acids is 2. The van der Waals surface area contributed by atoms with Crippen LogP contribution in [0.3, 0.4) is 0 Å². The molecular formula is C19H21N3O2S. The molecule has 130 valence electrons. The Kier molecular flexibility index (Phi) is 6.09. The lowest BCUT2D eigenvalue weighted by atomic mass is 10.0. The molecule has 0 aliphatic carbocycles. The van der Waals surface area contributed by atoms with Crippen molar-refractivity contribution in [3.63, 3.8) is 0 Å². The summed E-state index contributed by atoms with van der Waals surface area (Å²) in [5.74, 6) is 0.230. The van der Waals surface area contributed by atoms with Crippen LogP contribution in [0.4, 0.5) is 0 Å². The van der Waals surface area contributed by atoms with Gasteiger partial charge in [0.25, 0.3) is 0 Å². The first kappa shape index (κ1) is 17.5. The average Bonchev–Trinajstić information content (AvgIpc) is 2.66. The van der Waals surface area contributed by atoms with Gasteiger partial charge in [-0.25, -0.2) is 0 Å². The minimum atomic E-state index is -0.270. The summed E-state index contributed by atoms with van der Waals surface area (Å²) in [5, 5.41) is 9.15. The molecule has 2 atom stereocenters. The Morgan fingerprint density at radius 2 is 1.76 bits per heavy atom. The van der Waals surface area contributed by atoms with E-state index in [-0.39, 0.29) is 29.1 Å². The van der Waals surface area contributed by atoms with Crippen molar-refractivity contribution >= 4 is 23.6 Å². The molecule has 0 radical (unpaired) electrons. The van der Waals surface area contributed by atoms with Gasteiger partial charge in [0, 0.05) is 19.0 Å². The van der Waals surface area contributed by atoms with E-state index in [1.807, 2.05) is 60.7 Å². The van der Waals surface area contributed by atoms with Gasteiger partial charge >= 0.3 is 0 Å². The van der Waals surface area contributed by atoms with Gasteiger partial charge in [-0.1, -0.05) is 60.7 Å². The van der Waals surface area contributed by atoms with Gasteiger partial charge in [0.2, 0.25) is 11.8 Å². The number of hydrogen-bond acceptors (Lipinski definition) is 4. The predicted molar refractivity (Wildman–Crippen MR) is 99.6 cm³/mol. The van der Waals surface area contributed by atoms with Crippen LogP contribution in [0.1, 0.15) is 23.6 Å². The van der Waals surface area contributed by atoms with Crippen molar-refractivity contribution in [1.82, 2.24) is 16.0 Å². The van der Waals surface area contributed by atoms with Crippen LogP contribution in [0.5, 0.6) is 0 Å². The fraction of sp³-hybridized carbons (Fsp3) is 0.263. The molecule has 3 rings (SSSR count). The zero-order valence-electron chi connectivity index (χ0n) is 13.8. The molecular weight excluding hydrogens is 334 g/mol. The van der Waals surface area contributed by atoms with Gasteiger partial charge in [0.05, 0.1) is 5.75 Å². The highest BCUT2D eigenvalue weighted by Crippen LogP contribution is 2.23. The van der Waals surface area contributed by atoms with E-state index in [4.69, 9.17) is 0 Å². The summed E-state index contributed by atoms with van der Waals surface area (Å²) in [6.07, 6.45) is 0.404. The monoisotopic (exact) mass is 355 g/mol. The molecule has 1 fully saturated rings. The molecule has 5 nitrogen and oxygen atoms in total. The van der Waals surface area contributed by atoms with Gasteiger partial charge in [-0.15, -0.1) is 11.8 Å². The Morgan fingerprint density at radius 3 is 2.48 bits per heavy atom. The quantitative estimate of drug-likeness (QED) is 0.743. The maximum Gasteiger partial charge on any atom is 0.230 e. The number of carbonyl (C=O) groups is 2. The van der Waals surface area contributed by atoms with Crippen molar-refractivity contribution in [1.29, 1.82) is 0 Å². The summed E-state index contributed by atoms with van der Waals surface area (Å²) >= 11 is 1.39. The van der Waals surface area contributed by atoms with E-state index in [1.165, 1.54) is 11.8 Å². The maximum absolute atomic E-state index is 12.0. The van der Waals surface area contributed by atoms with E-state index in [1.54, 1.807) is 0 Å². The van der Waals surface area contributed by atoms with Crippen LogP contribution in [0.25, 0.3) is 0 Å². The van der Waals surface area contributed by atoms with Crippen molar-refractivity contribution in [2.45, 2.75) is 24.5 Å². The topological polar surface area (TPSA) is 70.2 Å². The van der Waals surface area contributed by atoms with E-state index in [0.717, 1.165) is 11.1 Å². The van der Waals surface area contributed by atoms with Crippen molar-refractivity contribution in [2.24, 2.45) is 0 Å². The molecule has 6 heteroatoms. The molecule has 3 N–H and O–H groups in total. The number of nitrogens with one attached hydrogen (secondary N) is 3. The number of benzene rings is 2. The third-order valence-corrected chi connectivity index (χ3v) is 4.97.